The zero-order chi connectivity index (χ0) is 35.1. The molecule has 0 radical (unpaired) electrons. The molecule has 0 spiro atoms. The Labute approximate surface area is 272 Å². The van der Waals surface area contributed by atoms with Crippen LogP contribution >= 0.6 is 0 Å². The van der Waals surface area contributed by atoms with Crippen LogP contribution in [0.4, 0.5) is 14.0 Å². The maximum atomic E-state index is 14.9. The van der Waals surface area contributed by atoms with Crippen molar-refractivity contribution in [2.75, 3.05) is 6.54 Å². The van der Waals surface area contributed by atoms with Gasteiger partial charge >= 0.3 is 18.2 Å². The van der Waals surface area contributed by atoms with Gasteiger partial charge in [0.25, 0.3) is 0 Å². The zero-order valence-electron chi connectivity index (χ0n) is 27.4. The SMILES string of the molecule is CC(C)(C)OC(=O)NCCC[C@@H]1NC(=O)[C@@H](NC(=O)OC(C)(C)C)Cc2cc(ccc2O)-c2ccc(F)c(c2)C[C@@H](C(=O)O)NC1=O. The quantitative estimate of drug-likeness (QED) is 0.252. The summed E-state index contributed by atoms with van der Waals surface area (Å²) in [5.41, 5.74) is -0.354. The number of halogens is 1. The van der Waals surface area contributed by atoms with Gasteiger partial charge in [0.2, 0.25) is 11.8 Å². The molecule has 3 rings (SSSR count). The predicted molar refractivity (Wildman–Crippen MR) is 169 cm³/mol. The van der Waals surface area contributed by atoms with Gasteiger partial charge in [0.05, 0.1) is 0 Å². The molecule has 2 aromatic rings. The van der Waals surface area contributed by atoms with Crippen molar-refractivity contribution in [1.29, 1.82) is 0 Å². The van der Waals surface area contributed by atoms with E-state index in [9.17, 15) is 38.6 Å². The summed E-state index contributed by atoms with van der Waals surface area (Å²) < 4.78 is 25.5. The van der Waals surface area contributed by atoms with Crippen molar-refractivity contribution in [1.82, 2.24) is 21.3 Å². The molecule has 4 bridgehead atoms. The number of amides is 4. The number of alkyl carbamates (subject to hydrolysis) is 2. The highest BCUT2D eigenvalue weighted by Crippen LogP contribution is 2.29. The number of carboxylic acids is 1. The zero-order valence-corrected chi connectivity index (χ0v) is 27.4. The lowest BCUT2D eigenvalue weighted by Crippen LogP contribution is -2.56. The van der Waals surface area contributed by atoms with E-state index in [-0.39, 0.29) is 42.7 Å². The molecule has 4 amide bonds. The first-order chi connectivity index (χ1) is 21.8. The Balaban J connectivity index is 2.01. The summed E-state index contributed by atoms with van der Waals surface area (Å²) in [6.45, 7) is 10.1. The van der Waals surface area contributed by atoms with Crippen LogP contribution in [0.1, 0.15) is 65.5 Å². The fraction of sp³-hybridized carbons (Fsp3) is 0.485. The van der Waals surface area contributed by atoms with Gasteiger partial charge in [-0.3, -0.25) is 9.59 Å². The molecule has 3 atom stereocenters. The van der Waals surface area contributed by atoms with Gasteiger partial charge in [-0.05, 0) is 101 Å². The summed E-state index contributed by atoms with van der Waals surface area (Å²) in [4.78, 5) is 64.3. The second-order valence-electron chi connectivity index (χ2n) is 13.3. The van der Waals surface area contributed by atoms with Gasteiger partial charge in [0, 0.05) is 19.4 Å². The summed E-state index contributed by atoms with van der Waals surface area (Å²) in [5, 5.41) is 30.7. The lowest BCUT2D eigenvalue weighted by Gasteiger charge is -2.26. The van der Waals surface area contributed by atoms with E-state index in [1.165, 1.54) is 24.3 Å². The Kier molecular flexibility index (Phi) is 11.8. The van der Waals surface area contributed by atoms with Crippen molar-refractivity contribution in [3.8, 4) is 16.9 Å². The van der Waals surface area contributed by atoms with Gasteiger partial charge in [-0.2, -0.15) is 0 Å². The number of carbonyl (C=O) groups excluding carboxylic acids is 4. The van der Waals surface area contributed by atoms with Crippen LogP contribution in [0.3, 0.4) is 0 Å². The number of hydrogen-bond donors (Lipinski definition) is 6. The molecule has 6 N–H and O–H groups in total. The number of hydrogen-bond acceptors (Lipinski definition) is 8. The smallest absolute Gasteiger partial charge is 0.408 e. The van der Waals surface area contributed by atoms with E-state index in [2.05, 4.69) is 21.3 Å². The molecule has 2 aromatic carbocycles. The van der Waals surface area contributed by atoms with Crippen LogP contribution in [-0.4, -0.2) is 76.1 Å². The van der Waals surface area contributed by atoms with Crippen molar-refractivity contribution >= 4 is 30.0 Å². The van der Waals surface area contributed by atoms with Crippen LogP contribution < -0.4 is 21.3 Å². The minimum atomic E-state index is -1.57. The van der Waals surface area contributed by atoms with Crippen molar-refractivity contribution < 1.29 is 48.0 Å². The number of aliphatic carboxylic acids is 1. The van der Waals surface area contributed by atoms with Crippen molar-refractivity contribution in [3.05, 3.63) is 53.3 Å². The summed E-state index contributed by atoms with van der Waals surface area (Å²) in [7, 11) is 0. The van der Waals surface area contributed by atoms with E-state index in [4.69, 9.17) is 9.47 Å². The van der Waals surface area contributed by atoms with E-state index in [1.807, 2.05) is 0 Å². The van der Waals surface area contributed by atoms with E-state index in [1.54, 1.807) is 53.7 Å². The number of ether oxygens (including phenoxy) is 2. The second kappa shape index (κ2) is 15.1. The second-order valence-corrected chi connectivity index (χ2v) is 13.3. The summed E-state index contributed by atoms with van der Waals surface area (Å²) >= 11 is 0. The third-order valence-corrected chi connectivity index (χ3v) is 6.90. The molecule has 0 saturated heterocycles. The predicted octanol–water partition coefficient (Wildman–Crippen LogP) is 3.55. The molecule has 47 heavy (non-hydrogen) atoms. The largest absolute Gasteiger partial charge is 0.508 e. The summed E-state index contributed by atoms with van der Waals surface area (Å²) in [6.07, 6.45) is -2.17. The molecule has 14 heteroatoms. The number of phenols is 1. The molecule has 0 fully saturated rings. The number of phenolic OH excluding ortho intramolecular Hbond substituents is 1. The van der Waals surface area contributed by atoms with E-state index in [0.29, 0.717) is 11.1 Å². The molecule has 1 aliphatic heterocycles. The van der Waals surface area contributed by atoms with Crippen LogP contribution in [-0.2, 0) is 36.7 Å². The maximum absolute atomic E-state index is 14.9. The van der Waals surface area contributed by atoms with Gasteiger partial charge in [0.15, 0.2) is 0 Å². The molecule has 256 valence electrons. The highest BCUT2D eigenvalue weighted by molar-refractivity contribution is 5.93. The number of nitrogens with one attached hydrogen (secondary N) is 4. The molecular weight excluding hydrogens is 615 g/mol. The topological polar surface area (TPSA) is 192 Å². The van der Waals surface area contributed by atoms with Gasteiger partial charge in [-0.15, -0.1) is 0 Å². The normalized spacial score (nSPS) is 18.8. The first-order valence-electron chi connectivity index (χ1n) is 15.2. The van der Waals surface area contributed by atoms with Crippen LogP contribution in [0, 0.1) is 5.82 Å². The van der Waals surface area contributed by atoms with Crippen LogP contribution in [0.2, 0.25) is 0 Å². The number of carboxylic acid groups (broad SMARTS) is 1. The third kappa shape index (κ3) is 11.5. The minimum absolute atomic E-state index is 0.0197. The van der Waals surface area contributed by atoms with Crippen LogP contribution in [0.15, 0.2) is 36.4 Å². The molecule has 1 heterocycles. The lowest BCUT2D eigenvalue weighted by atomic mass is 9.95. The Morgan fingerprint density at radius 3 is 2.09 bits per heavy atom. The molecule has 0 aliphatic carbocycles. The maximum Gasteiger partial charge on any atom is 0.408 e. The number of benzene rings is 2. The van der Waals surface area contributed by atoms with Crippen LogP contribution in [0.5, 0.6) is 5.75 Å². The molecule has 1 aliphatic rings. The van der Waals surface area contributed by atoms with Gasteiger partial charge in [0.1, 0.15) is 40.9 Å². The minimum Gasteiger partial charge on any atom is -0.508 e. The standard InChI is InChI=1S/C33H43FN4O9/c1-32(2,3)46-30(44)35-13-7-8-23-27(40)37-25(29(42)43)16-20-14-18(9-11-22(20)34)19-10-12-26(39)21(15-19)17-24(28(41)36-23)38-31(45)47-33(4,5)6/h9-12,14-15,23-25,39H,7-8,13,16-17H2,1-6H3,(H,35,44)(H,36,41)(H,37,40)(H,38,45)(H,42,43)/t23-,24-,25-/m0/s1. The third-order valence-electron chi connectivity index (χ3n) is 6.90. The first kappa shape index (κ1) is 36.6. The highest BCUT2D eigenvalue weighted by Gasteiger charge is 2.32. The summed E-state index contributed by atoms with van der Waals surface area (Å²) in [5.74, 6) is -4.00. The van der Waals surface area contributed by atoms with Crippen LogP contribution in [0.25, 0.3) is 11.1 Å². The Morgan fingerprint density at radius 1 is 0.872 bits per heavy atom. The molecule has 0 aromatic heterocycles. The van der Waals surface area contributed by atoms with E-state index < -0.39 is 71.5 Å². The Bertz CT molecular complexity index is 1500. The van der Waals surface area contributed by atoms with Crippen molar-refractivity contribution in [2.45, 2.75) is 96.6 Å². The Hall–Kier alpha value is -4.88. The number of carbonyl (C=O) groups is 5. The summed E-state index contributed by atoms with van der Waals surface area (Å²) in [6, 6.07) is 4.37. The van der Waals surface area contributed by atoms with E-state index in [0.717, 1.165) is 0 Å². The monoisotopic (exact) mass is 658 g/mol. The molecular formula is C33H43FN4O9. The fourth-order valence-electron chi connectivity index (χ4n) is 4.76. The van der Waals surface area contributed by atoms with Gasteiger partial charge < -0.3 is 41.0 Å². The average Bonchev–Trinajstić information content (AvgIpc) is 2.93. The van der Waals surface area contributed by atoms with Gasteiger partial charge in [-0.25, -0.2) is 18.8 Å². The number of fused-ring (bicyclic) bond motifs is 5. The Morgan fingerprint density at radius 2 is 1.47 bits per heavy atom. The average molecular weight is 659 g/mol. The highest BCUT2D eigenvalue weighted by atomic mass is 19.1. The fourth-order valence-corrected chi connectivity index (χ4v) is 4.76. The first-order valence-corrected chi connectivity index (χ1v) is 15.2. The number of aromatic hydroxyl groups is 1. The van der Waals surface area contributed by atoms with E-state index >= 15 is 0 Å². The molecule has 0 unspecified atom stereocenters. The molecule has 0 saturated carbocycles. The molecule has 13 nitrogen and oxygen atoms in total. The lowest BCUT2D eigenvalue weighted by molar-refractivity contribution is -0.142. The van der Waals surface area contributed by atoms with Gasteiger partial charge in [-0.1, -0.05) is 12.1 Å². The number of rotatable bonds is 6. The van der Waals surface area contributed by atoms with Crippen molar-refractivity contribution in [2.24, 2.45) is 0 Å². The van der Waals surface area contributed by atoms with Crippen molar-refractivity contribution in [3.63, 3.8) is 0 Å².